The van der Waals surface area contributed by atoms with Gasteiger partial charge < -0.3 is 29.6 Å². The van der Waals surface area contributed by atoms with Gasteiger partial charge in [0.15, 0.2) is 12.1 Å². The molecule has 8 nitrogen and oxygen atoms in total. The van der Waals surface area contributed by atoms with Gasteiger partial charge in [-0.05, 0) is 90.2 Å². The average molecular weight is 818 g/mol. The molecule has 4 bridgehead atoms. The zero-order valence-electron chi connectivity index (χ0n) is 33.7. The second-order valence-corrected chi connectivity index (χ2v) is 18.3. The molecule has 0 unspecified atom stereocenters. The van der Waals surface area contributed by atoms with Gasteiger partial charge in [-0.1, -0.05) is 139 Å². The van der Waals surface area contributed by atoms with Crippen molar-refractivity contribution in [1.29, 1.82) is 0 Å². The Morgan fingerprint density at radius 2 is 1.33 bits per heavy atom. The third-order valence-electron chi connectivity index (χ3n) is 13.0. The molecule has 0 spiro atoms. The Morgan fingerprint density at radius 1 is 0.683 bits per heavy atom. The van der Waals surface area contributed by atoms with E-state index >= 15 is 0 Å². The highest BCUT2D eigenvalue weighted by atomic mass is 32.2. The second kappa shape index (κ2) is 17.1. The molecule has 5 aliphatic rings. The van der Waals surface area contributed by atoms with Gasteiger partial charge in [0.25, 0.3) is 5.22 Å². The molecule has 2 heterocycles. The second-order valence-electron chi connectivity index (χ2n) is 17.4. The summed E-state index contributed by atoms with van der Waals surface area (Å²) >= 11 is 1.55. The number of rotatable bonds is 12. The summed E-state index contributed by atoms with van der Waals surface area (Å²) < 4.78 is 19.8. The summed E-state index contributed by atoms with van der Waals surface area (Å²) in [6, 6.07) is 44.9. The Balaban J connectivity index is 0.827. The van der Waals surface area contributed by atoms with Gasteiger partial charge in [0, 0.05) is 40.9 Å². The molecule has 9 heteroatoms. The first-order chi connectivity index (χ1) is 29.4. The monoisotopic (exact) mass is 817 g/mol. The predicted molar refractivity (Wildman–Crippen MR) is 235 cm³/mol. The first-order valence-electron chi connectivity index (χ1n) is 21.4. The van der Waals surface area contributed by atoms with Crippen molar-refractivity contribution in [3.8, 4) is 33.7 Å². The number of hydrogen-bond acceptors (Lipinski definition) is 7. The lowest BCUT2D eigenvalue weighted by Gasteiger charge is -2.56. The van der Waals surface area contributed by atoms with Crippen LogP contribution in [0.5, 0.6) is 0 Å². The highest BCUT2D eigenvalue weighted by Crippen LogP contribution is 2.55. The number of thioether (sulfide) groups is 1. The lowest BCUT2D eigenvalue weighted by Crippen LogP contribution is -2.61. The van der Waals surface area contributed by atoms with Crippen LogP contribution >= 0.6 is 11.8 Å². The number of nitrogens with zero attached hydrogens (tertiary/aromatic N) is 1. The number of ether oxygens (including phenoxy) is 2. The molecule has 5 fully saturated rings. The van der Waals surface area contributed by atoms with E-state index in [1.807, 2.05) is 72.8 Å². The smallest absolute Gasteiger partial charge is 0.315 e. The molecule has 306 valence electrons. The first-order valence-corrected chi connectivity index (χ1v) is 22.4. The van der Waals surface area contributed by atoms with Crippen molar-refractivity contribution >= 4 is 17.8 Å². The molecule has 3 N–H and O–H groups in total. The van der Waals surface area contributed by atoms with Gasteiger partial charge in [-0.15, -0.1) is 0 Å². The van der Waals surface area contributed by atoms with Crippen LogP contribution in [0.3, 0.4) is 0 Å². The Morgan fingerprint density at radius 3 is 2.02 bits per heavy atom. The summed E-state index contributed by atoms with van der Waals surface area (Å²) in [4.78, 5) is 18.2. The summed E-state index contributed by atoms with van der Waals surface area (Å²) in [5, 5.41) is 16.9. The normalized spacial score (nSPS) is 25.6. The highest BCUT2D eigenvalue weighted by Gasteiger charge is 2.51. The van der Waals surface area contributed by atoms with E-state index in [-0.39, 0.29) is 30.4 Å². The van der Waals surface area contributed by atoms with Crippen molar-refractivity contribution in [2.45, 2.75) is 87.4 Å². The Hall–Kier alpha value is -5.19. The van der Waals surface area contributed by atoms with Crippen molar-refractivity contribution in [1.82, 2.24) is 15.6 Å². The number of benzene rings is 5. The number of aliphatic hydroxyl groups excluding tert-OH is 1. The number of urea groups is 1. The van der Waals surface area contributed by atoms with E-state index in [1.165, 1.54) is 19.3 Å². The molecule has 60 heavy (non-hydrogen) atoms. The van der Waals surface area contributed by atoms with E-state index in [4.69, 9.17) is 18.9 Å². The minimum absolute atomic E-state index is 0.00653. The average Bonchev–Trinajstić information content (AvgIpc) is 3.72. The summed E-state index contributed by atoms with van der Waals surface area (Å²) in [5.74, 6) is 3.73. The summed E-state index contributed by atoms with van der Waals surface area (Å²) in [6.07, 6.45) is 7.18. The fraction of sp³-hybridized carbons (Fsp3) is 0.333. The molecule has 6 aromatic rings. The van der Waals surface area contributed by atoms with E-state index in [1.54, 1.807) is 11.8 Å². The van der Waals surface area contributed by atoms with Crippen molar-refractivity contribution in [2.75, 3.05) is 5.75 Å². The van der Waals surface area contributed by atoms with Gasteiger partial charge in [0.2, 0.25) is 0 Å². The molecule has 11 rings (SSSR count). The topological polar surface area (TPSA) is 106 Å². The van der Waals surface area contributed by atoms with Gasteiger partial charge in [-0.2, -0.15) is 0 Å². The largest absolute Gasteiger partial charge is 0.431 e. The van der Waals surface area contributed by atoms with Crippen LogP contribution < -0.4 is 10.6 Å². The number of carbonyl (C=O) groups is 1. The van der Waals surface area contributed by atoms with Crippen LogP contribution in [-0.4, -0.2) is 33.5 Å². The van der Waals surface area contributed by atoms with Gasteiger partial charge in [-0.3, -0.25) is 0 Å². The number of carbonyl (C=O) groups excluding carboxylic acids is 1. The van der Waals surface area contributed by atoms with E-state index in [0.29, 0.717) is 23.9 Å². The van der Waals surface area contributed by atoms with Gasteiger partial charge in [0.05, 0.1) is 18.8 Å². The van der Waals surface area contributed by atoms with Crippen molar-refractivity contribution in [2.24, 2.45) is 17.8 Å². The van der Waals surface area contributed by atoms with E-state index < -0.39 is 6.29 Å². The highest BCUT2D eigenvalue weighted by molar-refractivity contribution is 7.99. The number of hydrogen-bond donors (Lipinski definition) is 3. The van der Waals surface area contributed by atoms with Crippen LogP contribution in [0.4, 0.5) is 4.79 Å². The maximum absolute atomic E-state index is 13.2. The molecular weight excluding hydrogens is 767 g/mol. The first kappa shape index (κ1) is 39.0. The number of oxazole rings is 1. The fourth-order valence-electron chi connectivity index (χ4n) is 10.6. The number of aromatic nitrogens is 1. The van der Waals surface area contributed by atoms with Crippen LogP contribution in [0.15, 0.2) is 143 Å². The van der Waals surface area contributed by atoms with E-state index in [2.05, 4.69) is 71.3 Å². The molecule has 4 aliphatic carbocycles. The number of amides is 2. The standard InChI is InChI=1S/C51H51N3O5S/c55-31-33-14-16-39(17-15-33)45-26-44(32-60-50-53-46(40-9-3-1-4-10-40)47(59-50)41-11-5-2-6-12-41)57-48(58-45)42-20-18-38(19-21-42)43-13-7-8-34(25-43)30-52-49(56)54-51-27-35-22-36(28-51)24-37(23-35)29-51/h1-21,25,35-37,44-45,48,55H,22-24,26-32H2,(H2,52,54,56)/t35?,36?,37?,44-,45+,48+,51?/m1/s1. The number of nitrogens with one attached hydrogen (secondary N) is 2. The fourth-order valence-corrected chi connectivity index (χ4v) is 11.4. The Labute approximate surface area is 356 Å². The maximum atomic E-state index is 13.2. The maximum Gasteiger partial charge on any atom is 0.315 e. The molecule has 1 saturated heterocycles. The van der Waals surface area contributed by atoms with E-state index in [0.717, 1.165) is 93.0 Å². The Kier molecular flexibility index (Phi) is 11.1. The van der Waals surface area contributed by atoms with Crippen molar-refractivity contribution < 1.29 is 23.8 Å². The Bertz CT molecular complexity index is 2310. The van der Waals surface area contributed by atoms with E-state index in [9.17, 15) is 9.90 Å². The SMILES string of the molecule is O=C(NCc1cccc(-c2ccc([C@H]3O[C@@H](CSc4nc(-c5ccccc5)c(-c5ccccc5)o4)C[C@@H](c4ccc(CO)cc4)O3)cc2)c1)NC12CC3CC(CC(C3)C1)C2. The molecule has 5 aromatic carbocycles. The molecule has 4 saturated carbocycles. The summed E-state index contributed by atoms with van der Waals surface area (Å²) in [7, 11) is 0. The summed E-state index contributed by atoms with van der Waals surface area (Å²) in [5.41, 5.74) is 8.83. The summed E-state index contributed by atoms with van der Waals surface area (Å²) in [6.45, 7) is 0.467. The molecule has 1 aliphatic heterocycles. The quantitative estimate of drug-likeness (QED) is 0.106. The third-order valence-corrected chi connectivity index (χ3v) is 14.0. The van der Waals surface area contributed by atoms with Crippen molar-refractivity contribution in [3.05, 3.63) is 156 Å². The minimum atomic E-state index is -0.590. The van der Waals surface area contributed by atoms with Crippen LogP contribution in [0.1, 0.15) is 79.6 Å². The zero-order valence-corrected chi connectivity index (χ0v) is 34.5. The molecule has 0 radical (unpaired) electrons. The zero-order chi connectivity index (χ0) is 40.5. The van der Waals surface area contributed by atoms with Crippen LogP contribution in [-0.2, 0) is 22.6 Å². The van der Waals surface area contributed by atoms with Crippen LogP contribution in [0, 0.1) is 17.8 Å². The molecule has 3 atom stereocenters. The van der Waals surface area contributed by atoms with Gasteiger partial charge in [0.1, 0.15) is 5.69 Å². The molecule has 2 amide bonds. The lowest BCUT2D eigenvalue weighted by atomic mass is 9.53. The van der Waals surface area contributed by atoms with Gasteiger partial charge >= 0.3 is 6.03 Å². The third kappa shape index (κ3) is 8.54. The van der Waals surface area contributed by atoms with Gasteiger partial charge in [-0.25, -0.2) is 9.78 Å². The van der Waals surface area contributed by atoms with Crippen molar-refractivity contribution in [3.63, 3.8) is 0 Å². The lowest BCUT2D eigenvalue weighted by molar-refractivity contribution is -0.245. The molecular formula is C51H51N3O5S. The predicted octanol–water partition coefficient (Wildman–Crippen LogP) is 11.3. The van der Waals surface area contributed by atoms with Crippen LogP contribution in [0.2, 0.25) is 0 Å². The number of aliphatic hydroxyl groups is 1. The van der Waals surface area contributed by atoms with Crippen LogP contribution in [0.25, 0.3) is 33.7 Å². The minimum Gasteiger partial charge on any atom is -0.431 e. The molecule has 1 aromatic heterocycles.